The Morgan fingerprint density at radius 2 is 1.82 bits per heavy atom. The Morgan fingerprint density at radius 1 is 1.14 bits per heavy atom. The Balaban J connectivity index is 2.16. The zero-order valence-corrected chi connectivity index (χ0v) is 16.9. The number of ketones is 1. The van der Waals surface area contributed by atoms with Gasteiger partial charge in [0.15, 0.2) is 0 Å². The van der Waals surface area contributed by atoms with Crippen LogP contribution in [-0.4, -0.2) is 58.8 Å². The number of rotatable bonds is 5. The molecule has 0 spiro atoms. The van der Waals surface area contributed by atoms with Crippen molar-refractivity contribution >= 4 is 40.7 Å². The third-order valence-corrected chi connectivity index (χ3v) is 5.28. The Morgan fingerprint density at radius 3 is 2.43 bits per heavy atom. The predicted molar refractivity (Wildman–Crippen MR) is 108 cm³/mol. The van der Waals surface area contributed by atoms with Crippen LogP contribution in [0.2, 0.25) is 10.0 Å². The van der Waals surface area contributed by atoms with Crippen molar-refractivity contribution in [2.24, 2.45) is 0 Å². The number of benzene rings is 1. The molecule has 0 bridgehead atoms. The van der Waals surface area contributed by atoms with Crippen LogP contribution in [0.15, 0.2) is 48.3 Å². The monoisotopic (exact) mass is 419 g/mol. The van der Waals surface area contributed by atoms with Crippen LogP contribution in [0, 0.1) is 0 Å². The standard InChI is InChI=1S/C20H19Cl2N3O3/c1-24(2)9-10-25-17(13-3-4-14(21)15(22)11-13)16(19(27)20(25)28)18(26)12-5-7-23-8-6-12/h3-8,11,17,26H,9-10H2,1-2H3. The zero-order chi connectivity index (χ0) is 20.4. The molecule has 1 aromatic carbocycles. The lowest BCUT2D eigenvalue weighted by Gasteiger charge is -2.26. The fourth-order valence-electron chi connectivity index (χ4n) is 3.11. The summed E-state index contributed by atoms with van der Waals surface area (Å²) in [5.41, 5.74) is 1.03. The van der Waals surface area contributed by atoms with Gasteiger partial charge in [-0.15, -0.1) is 0 Å². The second kappa shape index (κ2) is 8.31. The summed E-state index contributed by atoms with van der Waals surface area (Å²) in [6.07, 6.45) is 3.01. The van der Waals surface area contributed by atoms with Gasteiger partial charge in [0.1, 0.15) is 5.76 Å². The quantitative estimate of drug-likeness (QED) is 0.456. The number of carbonyl (C=O) groups is 2. The van der Waals surface area contributed by atoms with E-state index >= 15 is 0 Å². The summed E-state index contributed by atoms with van der Waals surface area (Å²) in [4.78, 5) is 32.8. The number of hydrogen-bond acceptors (Lipinski definition) is 5. The van der Waals surface area contributed by atoms with Gasteiger partial charge in [-0.1, -0.05) is 29.3 Å². The summed E-state index contributed by atoms with van der Waals surface area (Å²) < 4.78 is 0. The van der Waals surface area contributed by atoms with E-state index in [2.05, 4.69) is 4.98 Å². The molecule has 146 valence electrons. The first-order chi connectivity index (χ1) is 13.3. The number of likely N-dealkylation sites (N-methyl/N-ethyl adjacent to an activating group) is 1. The van der Waals surface area contributed by atoms with Gasteiger partial charge in [-0.25, -0.2) is 0 Å². The molecule has 28 heavy (non-hydrogen) atoms. The second-order valence-corrected chi connectivity index (χ2v) is 7.52. The van der Waals surface area contributed by atoms with Crippen LogP contribution in [0.3, 0.4) is 0 Å². The van der Waals surface area contributed by atoms with E-state index in [4.69, 9.17) is 23.2 Å². The van der Waals surface area contributed by atoms with Crippen molar-refractivity contribution in [3.8, 4) is 0 Å². The largest absolute Gasteiger partial charge is 0.507 e. The van der Waals surface area contributed by atoms with Crippen LogP contribution in [0.25, 0.3) is 5.76 Å². The van der Waals surface area contributed by atoms with Crippen LogP contribution in [-0.2, 0) is 9.59 Å². The minimum absolute atomic E-state index is 0.0216. The van der Waals surface area contributed by atoms with E-state index in [1.807, 2.05) is 19.0 Å². The van der Waals surface area contributed by atoms with Crippen LogP contribution in [0.5, 0.6) is 0 Å². The van der Waals surface area contributed by atoms with Crippen LogP contribution in [0.4, 0.5) is 0 Å². The van der Waals surface area contributed by atoms with Gasteiger partial charge in [0.05, 0.1) is 21.7 Å². The molecule has 1 aliphatic rings. The molecule has 6 nitrogen and oxygen atoms in total. The number of hydrogen-bond donors (Lipinski definition) is 1. The molecule has 2 heterocycles. The lowest BCUT2D eigenvalue weighted by atomic mass is 9.95. The first-order valence-corrected chi connectivity index (χ1v) is 9.35. The summed E-state index contributed by atoms with van der Waals surface area (Å²) in [6, 6.07) is 7.32. The highest BCUT2D eigenvalue weighted by Gasteiger charge is 2.46. The molecule has 0 radical (unpaired) electrons. The van der Waals surface area contributed by atoms with E-state index < -0.39 is 17.7 Å². The average molecular weight is 420 g/mol. The van der Waals surface area contributed by atoms with Crippen molar-refractivity contribution < 1.29 is 14.7 Å². The molecule has 3 rings (SSSR count). The molecule has 1 amide bonds. The van der Waals surface area contributed by atoms with E-state index in [9.17, 15) is 14.7 Å². The Bertz CT molecular complexity index is 945. The molecule has 1 aliphatic heterocycles. The highest BCUT2D eigenvalue weighted by Crippen LogP contribution is 2.40. The van der Waals surface area contributed by atoms with Crippen LogP contribution in [0.1, 0.15) is 17.2 Å². The number of pyridine rings is 1. The van der Waals surface area contributed by atoms with Gasteiger partial charge in [0.2, 0.25) is 0 Å². The maximum atomic E-state index is 12.8. The van der Waals surface area contributed by atoms with Crippen LogP contribution < -0.4 is 0 Å². The highest BCUT2D eigenvalue weighted by molar-refractivity contribution is 6.46. The van der Waals surface area contributed by atoms with E-state index in [0.717, 1.165) is 0 Å². The molecule has 1 N–H and O–H groups in total. The first-order valence-electron chi connectivity index (χ1n) is 8.59. The lowest BCUT2D eigenvalue weighted by molar-refractivity contribution is -0.140. The molecule has 1 aromatic heterocycles. The van der Waals surface area contributed by atoms with E-state index in [-0.39, 0.29) is 11.3 Å². The Labute approximate surface area is 173 Å². The van der Waals surface area contributed by atoms with Gasteiger partial charge < -0.3 is 14.9 Å². The van der Waals surface area contributed by atoms with E-state index in [1.54, 1.807) is 30.3 Å². The molecule has 1 saturated heterocycles. The summed E-state index contributed by atoms with van der Waals surface area (Å²) in [7, 11) is 3.75. The van der Waals surface area contributed by atoms with Gasteiger partial charge in [0.25, 0.3) is 11.7 Å². The van der Waals surface area contributed by atoms with Gasteiger partial charge in [-0.3, -0.25) is 14.6 Å². The fraction of sp³-hybridized carbons (Fsp3) is 0.250. The summed E-state index contributed by atoms with van der Waals surface area (Å²) in [6.45, 7) is 0.871. The number of nitrogens with zero attached hydrogens (tertiary/aromatic N) is 3. The van der Waals surface area contributed by atoms with Gasteiger partial charge in [-0.05, 0) is 43.9 Å². The number of Topliss-reactive ketones (excluding diaryl/α,β-unsaturated/α-hetero) is 1. The summed E-state index contributed by atoms with van der Waals surface area (Å²) in [5.74, 6) is -1.64. The molecule has 2 aromatic rings. The lowest BCUT2D eigenvalue weighted by Crippen LogP contribution is -2.35. The average Bonchev–Trinajstić information content (AvgIpc) is 2.93. The molecule has 0 aliphatic carbocycles. The van der Waals surface area contributed by atoms with Crippen molar-refractivity contribution in [3.63, 3.8) is 0 Å². The molecule has 1 fully saturated rings. The minimum Gasteiger partial charge on any atom is -0.507 e. The Kier molecular flexibility index (Phi) is 6.03. The number of halogens is 2. The number of amides is 1. The number of likely N-dealkylation sites (tertiary alicyclic amines) is 1. The predicted octanol–water partition coefficient (Wildman–Crippen LogP) is 3.37. The third kappa shape index (κ3) is 3.90. The summed E-state index contributed by atoms with van der Waals surface area (Å²) >= 11 is 12.2. The smallest absolute Gasteiger partial charge is 0.295 e. The summed E-state index contributed by atoms with van der Waals surface area (Å²) in [5, 5.41) is 11.5. The molecular weight excluding hydrogens is 401 g/mol. The maximum absolute atomic E-state index is 12.8. The second-order valence-electron chi connectivity index (χ2n) is 6.71. The number of aliphatic hydroxyl groups is 1. The molecule has 1 unspecified atom stereocenters. The number of aliphatic hydroxyl groups excluding tert-OH is 1. The molecule has 1 atom stereocenters. The number of aromatic nitrogens is 1. The van der Waals surface area contributed by atoms with Gasteiger partial charge >= 0.3 is 0 Å². The van der Waals surface area contributed by atoms with E-state index in [1.165, 1.54) is 17.3 Å². The van der Waals surface area contributed by atoms with Crippen LogP contribution >= 0.6 is 23.2 Å². The number of carbonyl (C=O) groups excluding carboxylic acids is 2. The van der Waals surface area contributed by atoms with Crippen molar-refractivity contribution in [3.05, 3.63) is 69.5 Å². The van der Waals surface area contributed by atoms with Gasteiger partial charge in [0, 0.05) is 31.0 Å². The fourth-order valence-corrected chi connectivity index (χ4v) is 3.42. The first kappa shape index (κ1) is 20.3. The highest BCUT2D eigenvalue weighted by atomic mass is 35.5. The van der Waals surface area contributed by atoms with Crippen molar-refractivity contribution in [1.29, 1.82) is 0 Å². The van der Waals surface area contributed by atoms with Gasteiger partial charge in [-0.2, -0.15) is 0 Å². The maximum Gasteiger partial charge on any atom is 0.295 e. The topological polar surface area (TPSA) is 73.7 Å². The van der Waals surface area contributed by atoms with E-state index in [0.29, 0.717) is 34.3 Å². The van der Waals surface area contributed by atoms with Crippen molar-refractivity contribution in [1.82, 2.24) is 14.8 Å². The molecular formula is C20H19Cl2N3O3. The zero-order valence-electron chi connectivity index (χ0n) is 15.4. The molecule has 0 saturated carbocycles. The SMILES string of the molecule is CN(C)CCN1C(=O)C(=O)C(=C(O)c2ccncc2)C1c1ccc(Cl)c(Cl)c1. The third-order valence-electron chi connectivity index (χ3n) is 4.54. The van der Waals surface area contributed by atoms with Crippen molar-refractivity contribution in [2.45, 2.75) is 6.04 Å². The normalized spacial score (nSPS) is 18.9. The minimum atomic E-state index is -0.761. The Hall–Kier alpha value is -2.41. The molecule has 8 heteroatoms. The van der Waals surface area contributed by atoms with Crippen molar-refractivity contribution in [2.75, 3.05) is 27.2 Å².